The van der Waals surface area contributed by atoms with Gasteiger partial charge in [-0.2, -0.15) is 0 Å². The van der Waals surface area contributed by atoms with E-state index in [1.807, 2.05) is 36.4 Å². The molecule has 0 unspecified atom stereocenters. The Balaban J connectivity index is 0.000000363. The van der Waals surface area contributed by atoms with Crippen molar-refractivity contribution >= 4 is 29.1 Å². The second-order valence-corrected chi connectivity index (χ2v) is 15.0. The molecule has 2 saturated heterocycles. The fraction of sp³-hybridized carbons (Fsp3) is 0.690. The average Bonchev–Trinajstić information content (AvgIpc) is 3.90. The maximum Gasteiger partial charge on any atom is 0.220 e. The third-order valence-corrected chi connectivity index (χ3v) is 10.0. The first-order valence-electron chi connectivity index (χ1n) is 19.6. The minimum absolute atomic E-state index is 0. The van der Waals surface area contributed by atoms with Crippen LogP contribution in [-0.2, 0) is 4.79 Å². The standard InChI is InChI=1S/C24H38N2O4.C15H22N2O3.CH2Cl2.2CH4/c1-2-3-4-5-6-7-10-23(27)25-20(18-26-13-8-9-14-26)24(28)19-11-12-21-22(17-19)30-16-15-29-21;16-12(10-17-5-1-2-6-17)15(18)11-3-4-13-14(9-11)20-8-7-19-13;2-1-3;;/h11-12,17,20,24,28H,2-10,13-16,18H2,1H3,(H,25,27);3-4,9,12,15,18H,1-2,5-8,10,16H2;1H2;2*1H4/t20-,24-;12-,15-;;;/m11.../s1. The smallest absolute Gasteiger partial charge is 0.220 e. The SMILES string of the molecule is C.C.CCCCCCCCC(=O)N[C@H](CN1CCCC1)[C@H](O)c1ccc2c(c1)OCCO2.ClCCl.N[C@H](CN1CCCC1)[C@H](O)c1ccc2c(c1)OCCO2. The van der Waals surface area contributed by atoms with E-state index in [0.717, 1.165) is 62.4 Å². The predicted octanol–water partition coefficient (Wildman–Crippen LogP) is 7.43. The van der Waals surface area contributed by atoms with Crippen LogP contribution in [0.3, 0.4) is 0 Å². The van der Waals surface area contributed by atoms with Crippen LogP contribution in [0.4, 0.5) is 0 Å². The number of rotatable bonds is 16. The van der Waals surface area contributed by atoms with Crippen molar-refractivity contribution in [3.8, 4) is 23.0 Å². The van der Waals surface area contributed by atoms with Crippen LogP contribution in [-0.4, -0.2) is 109 Å². The average molecular weight is 814 g/mol. The summed E-state index contributed by atoms with van der Waals surface area (Å²) in [5, 5.41) is 24.8. The molecule has 0 aliphatic carbocycles. The van der Waals surface area contributed by atoms with Gasteiger partial charge in [-0.05, 0) is 93.7 Å². The van der Waals surface area contributed by atoms with Crippen LogP contribution in [0.2, 0.25) is 0 Å². The fourth-order valence-electron chi connectivity index (χ4n) is 7.14. The molecule has 0 spiro atoms. The minimum atomic E-state index is -0.782. The molecule has 2 aromatic rings. The Morgan fingerprint density at radius 1 is 0.709 bits per heavy atom. The third-order valence-electron chi connectivity index (χ3n) is 10.0. The molecule has 314 valence electrons. The number of benzene rings is 2. The van der Waals surface area contributed by atoms with Gasteiger partial charge in [0.1, 0.15) is 32.5 Å². The second kappa shape index (κ2) is 27.2. The van der Waals surface area contributed by atoms with Gasteiger partial charge in [0.25, 0.3) is 0 Å². The molecule has 5 N–H and O–H groups in total. The van der Waals surface area contributed by atoms with E-state index in [4.69, 9.17) is 47.9 Å². The van der Waals surface area contributed by atoms with E-state index in [1.165, 1.54) is 51.4 Å². The highest BCUT2D eigenvalue weighted by molar-refractivity contribution is 6.40. The van der Waals surface area contributed by atoms with Gasteiger partial charge in [0.15, 0.2) is 23.0 Å². The van der Waals surface area contributed by atoms with Crippen molar-refractivity contribution in [2.45, 2.75) is 117 Å². The molecule has 0 saturated carbocycles. The number of carbonyl (C=O) groups is 1. The van der Waals surface area contributed by atoms with Crippen molar-refractivity contribution in [2.24, 2.45) is 5.73 Å². The monoisotopic (exact) mass is 812 g/mol. The van der Waals surface area contributed by atoms with Crippen LogP contribution in [0.15, 0.2) is 36.4 Å². The van der Waals surface area contributed by atoms with E-state index in [0.29, 0.717) is 56.6 Å². The van der Waals surface area contributed by atoms with E-state index >= 15 is 0 Å². The van der Waals surface area contributed by atoms with Crippen molar-refractivity contribution in [3.63, 3.8) is 0 Å². The number of amides is 1. The van der Waals surface area contributed by atoms with Crippen LogP contribution in [0.1, 0.15) is 116 Å². The van der Waals surface area contributed by atoms with Crippen molar-refractivity contribution in [2.75, 3.05) is 71.0 Å². The first-order chi connectivity index (χ1) is 25.8. The quantitative estimate of drug-likeness (QED) is 0.100. The first-order valence-corrected chi connectivity index (χ1v) is 20.7. The van der Waals surface area contributed by atoms with Crippen molar-refractivity contribution in [1.29, 1.82) is 0 Å². The summed E-state index contributed by atoms with van der Waals surface area (Å²) in [6.07, 6.45) is 10.8. The van der Waals surface area contributed by atoms with Crippen LogP contribution in [0.25, 0.3) is 0 Å². The van der Waals surface area contributed by atoms with E-state index in [1.54, 1.807) is 0 Å². The number of likely N-dealkylation sites (tertiary alicyclic amines) is 2. The number of fused-ring (bicyclic) bond motifs is 2. The Morgan fingerprint density at radius 3 is 1.65 bits per heavy atom. The Bertz CT molecular complexity index is 1350. The molecule has 0 aromatic heterocycles. The Morgan fingerprint density at radius 2 is 1.15 bits per heavy atom. The first kappa shape index (κ1) is 48.6. The van der Waals surface area contributed by atoms with Crippen LogP contribution in [0, 0.1) is 0 Å². The molecule has 4 aliphatic heterocycles. The molecule has 13 heteroatoms. The zero-order chi connectivity index (χ0) is 37.8. The number of nitrogens with one attached hydrogen (secondary N) is 1. The highest BCUT2D eigenvalue weighted by Gasteiger charge is 2.28. The molecule has 1 amide bonds. The van der Waals surface area contributed by atoms with Crippen molar-refractivity contribution < 1.29 is 34.0 Å². The maximum atomic E-state index is 12.6. The molecule has 6 rings (SSSR count). The molecule has 55 heavy (non-hydrogen) atoms. The van der Waals surface area contributed by atoms with Crippen LogP contribution >= 0.6 is 23.2 Å². The van der Waals surface area contributed by atoms with Gasteiger partial charge in [-0.15, -0.1) is 23.2 Å². The number of ether oxygens (including phenoxy) is 4. The predicted molar refractivity (Wildman–Crippen MR) is 224 cm³/mol. The van der Waals surface area contributed by atoms with Crippen LogP contribution in [0.5, 0.6) is 23.0 Å². The summed E-state index contributed by atoms with van der Waals surface area (Å²) in [7, 11) is 0. The van der Waals surface area contributed by atoms with E-state index in [-0.39, 0.29) is 38.2 Å². The number of nitrogens with two attached hydrogens (primary N) is 1. The Labute approximate surface area is 341 Å². The van der Waals surface area contributed by atoms with Gasteiger partial charge in [0.05, 0.1) is 17.5 Å². The third kappa shape index (κ3) is 16.5. The largest absolute Gasteiger partial charge is 0.486 e. The molecular formula is C42H70Cl2N4O7. The molecule has 4 heterocycles. The topological polar surface area (TPSA) is 139 Å². The number of aliphatic hydroxyl groups excluding tert-OH is 2. The summed E-state index contributed by atoms with van der Waals surface area (Å²) >= 11 is 9.53. The lowest BCUT2D eigenvalue weighted by Gasteiger charge is -2.29. The molecule has 4 aliphatic rings. The molecular weight excluding hydrogens is 743 g/mol. The van der Waals surface area contributed by atoms with Gasteiger partial charge in [-0.1, -0.05) is 66.0 Å². The fourth-order valence-corrected chi connectivity index (χ4v) is 7.14. The minimum Gasteiger partial charge on any atom is -0.486 e. The van der Waals surface area contributed by atoms with Crippen molar-refractivity contribution in [3.05, 3.63) is 47.5 Å². The van der Waals surface area contributed by atoms with E-state index < -0.39 is 12.2 Å². The normalized spacial score (nSPS) is 18.1. The highest BCUT2D eigenvalue weighted by Crippen LogP contribution is 2.35. The second-order valence-electron chi connectivity index (χ2n) is 14.2. The van der Waals surface area contributed by atoms with E-state index in [2.05, 4.69) is 22.0 Å². The van der Waals surface area contributed by atoms with Gasteiger partial charge >= 0.3 is 0 Å². The lowest BCUT2D eigenvalue weighted by molar-refractivity contribution is -0.123. The Hall–Kier alpha value is -2.51. The number of carbonyl (C=O) groups excluding carboxylic acids is 1. The number of hydrogen-bond donors (Lipinski definition) is 4. The summed E-state index contributed by atoms with van der Waals surface area (Å²) in [4.78, 5) is 17.2. The van der Waals surface area contributed by atoms with Gasteiger partial charge in [-0.3, -0.25) is 4.79 Å². The number of alkyl halides is 2. The summed E-state index contributed by atoms with van der Waals surface area (Å²) < 4.78 is 22.3. The van der Waals surface area contributed by atoms with Gasteiger partial charge < -0.3 is 50.0 Å². The zero-order valence-electron chi connectivity index (χ0n) is 31.5. The molecule has 4 atom stereocenters. The van der Waals surface area contributed by atoms with Gasteiger partial charge in [0, 0.05) is 25.6 Å². The zero-order valence-corrected chi connectivity index (χ0v) is 33.0. The highest BCUT2D eigenvalue weighted by atomic mass is 35.5. The number of hydrogen-bond acceptors (Lipinski definition) is 10. The van der Waals surface area contributed by atoms with Crippen molar-refractivity contribution in [1.82, 2.24) is 15.1 Å². The lowest BCUT2D eigenvalue weighted by Crippen LogP contribution is -2.46. The molecule has 11 nitrogen and oxygen atoms in total. The van der Waals surface area contributed by atoms with E-state index in [9.17, 15) is 15.0 Å². The Kier molecular flexibility index (Phi) is 24.0. The number of aliphatic hydroxyl groups is 2. The maximum absolute atomic E-state index is 12.6. The number of unbranched alkanes of at least 4 members (excludes halogenated alkanes) is 5. The summed E-state index contributed by atoms with van der Waals surface area (Å²) in [5.74, 6) is 2.84. The lowest BCUT2D eigenvalue weighted by atomic mass is 10.0. The summed E-state index contributed by atoms with van der Waals surface area (Å²) in [5.41, 5.74) is 7.69. The summed E-state index contributed by atoms with van der Waals surface area (Å²) in [6.45, 7) is 10.0. The molecule has 0 radical (unpaired) electrons. The molecule has 2 aromatic carbocycles. The van der Waals surface area contributed by atoms with Gasteiger partial charge in [-0.25, -0.2) is 0 Å². The van der Waals surface area contributed by atoms with Gasteiger partial charge in [0.2, 0.25) is 5.91 Å². The number of halogens is 2. The number of nitrogens with zero attached hydrogens (tertiary/aromatic N) is 2. The summed E-state index contributed by atoms with van der Waals surface area (Å²) in [6, 6.07) is 10.5. The molecule has 2 fully saturated rings. The van der Waals surface area contributed by atoms with Crippen LogP contribution < -0.4 is 30.0 Å². The molecule has 0 bridgehead atoms.